The first-order valence-electron chi connectivity index (χ1n) is 8.14. The van der Waals surface area contributed by atoms with Gasteiger partial charge in [0.25, 0.3) is 5.91 Å². The molecule has 27 heavy (non-hydrogen) atoms. The first-order valence-corrected chi connectivity index (χ1v) is 8.94. The number of oxime groups is 1. The summed E-state index contributed by atoms with van der Waals surface area (Å²) in [5.74, 6) is -0.519. The topological polar surface area (TPSA) is 77.4 Å². The monoisotopic (exact) mass is 430 g/mol. The average molecular weight is 431 g/mol. The minimum absolute atomic E-state index is 0.363. The molecule has 1 fully saturated rings. The lowest BCUT2D eigenvalue weighted by atomic mass is 9.94. The van der Waals surface area contributed by atoms with Gasteiger partial charge >= 0.3 is 0 Å². The third-order valence-electron chi connectivity index (χ3n) is 4.58. The quantitative estimate of drug-likeness (QED) is 0.696. The third kappa shape index (κ3) is 2.76. The van der Waals surface area contributed by atoms with Crippen LogP contribution in [0.3, 0.4) is 0 Å². The SMILES string of the molecule is COc1ccc(C2=NO[C@@H]3C(=O)N(c4ccc(Br)cc4)C(=O)[C@H]23)cc1OC. The van der Waals surface area contributed by atoms with E-state index in [1.165, 1.54) is 7.11 Å². The highest BCUT2D eigenvalue weighted by Crippen LogP contribution is 2.37. The Morgan fingerprint density at radius 2 is 1.70 bits per heavy atom. The maximum atomic E-state index is 13.0. The van der Waals surface area contributed by atoms with Gasteiger partial charge in [0.05, 0.1) is 19.9 Å². The average Bonchev–Trinajstić information content (AvgIpc) is 3.23. The van der Waals surface area contributed by atoms with Crippen molar-refractivity contribution in [1.29, 1.82) is 0 Å². The normalized spacial score (nSPS) is 21.0. The van der Waals surface area contributed by atoms with Gasteiger partial charge in [0.1, 0.15) is 11.6 Å². The van der Waals surface area contributed by atoms with Gasteiger partial charge in [0.2, 0.25) is 12.0 Å². The molecule has 0 radical (unpaired) electrons. The Hall–Kier alpha value is -2.87. The van der Waals surface area contributed by atoms with Crippen LogP contribution in [0.2, 0.25) is 0 Å². The number of anilines is 1. The van der Waals surface area contributed by atoms with Crippen LogP contribution in [0.1, 0.15) is 5.56 Å². The lowest BCUT2D eigenvalue weighted by Gasteiger charge is -2.15. The van der Waals surface area contributed by atoms with E-state index in [0.717, 1.165) is 9.37 Å². The molecular formula is C19H15BrN2O5. The second kappa shape index (κ2) is 6.70. The van der Waals surface area contributed by atoms with Crippen LogP contribution in [0.15, 0.2) is 52.1 Å². The van der Waals surface area contributed by atoms with E-state index >= 15 is 0 Å². The van der Waals surface area contributed by atoms with Crippen LogP contribution in [0.5, 0.6) is 11.5 Å². The number of amides is 2. The van der Waals surface area contributed by atoms with Gasteiger partial charge in [-0.3, -0.25) is 9.59 Å². The number of carbonyl (C=O) groups is 2. The predicted molar refractivity (Wildman–Crippen MR) is 101 cm³/mol. The van der Waals surface area contributed by atoms with E-state index in [0.29, 0.717) is 28.5 Å². The van der Waals surface area contributed by atoms with Crippen LogP contribution in [0.4, 0.5) is 5.69 Å². The van der Waals surface area contributed by atoms with Crippen LogP contribution in [0, 0.1) is 5.92 Å². The molecule has 2 aromatic rings. The van der Waals surface area contributed by atoms with Crippen LogP contribution in [-0.2, 0) is 14.4 Å². The van der Waals surface area contributed by atoms with Crippen molar-refractivity contribution in [3.8, 4) is 11.5 Å². The number of rotatable bonds is 4. The second-order valence-electron chi connectivity index (χ2n) is 6.04. The number of carbonyl (C=O) groups excluding carboxylic acids is 2. The van der Waals surface area contributed by atoms with Crippen molar-refractivity contribution in [2.45, 2.75) is 6.10 Å². The maximum Gasteiger partial charge on any atom is 0.278 e. The summed E-state index contributed by atoms with van der Waals surface area (Å²) in [6, 6.07) is 12.1. The van der Waals surface area contributed by atoms with Crippen molar-refractivity contribution in [3.63, 3.8) is 0 Å². The van der Waals surface area contributed by atoms with E-state index in [-0.39, 0.29) is 5.91 Å². The predicted octanol–water partition coefficient (Wildman–Crippen LogP) is 2.76. The Morgan fingerprint density at radius 3 is 2.37 bits per heavy atom. The van der Waals surface area contributed by atoms with E-state index in [9.17, 15) is 9.59 Å². The van der Waals surface area contributed by atoms with Crippen LogP contribution in [0.25, 0.3) is 0 Å². The summed E-state index contributed by atoms with van der Waals surface area (Å²) in [7, 11) is 3.07. The molecule has 2 aliphatic heterocycles. The number of halogens is 1. The molecule has 0 aliphatic carbocycles. The van der Waals surface area contributed by atoms with E-state index in [2.05, 4.69) is 21.1 Å². The molecule has 0 saturated carbocycles. The fraction of sp³-hybridized carbons (Fsp3) is 0.211. The lowest BCUT2D eigenvalue weighted by molar-refractivity contribution is -0.126. The molecule has 2 amide bonds. The van der Waals surface area contributed by atoms with E-state index < -0.39 is 17.9 Å². The van der Waals surface area contributed by atoms with Crippen molar-refractivity contribution >= 4 is 39.1 Å². The van der Waals surface area contributed by atoms with E-state index in [1.54, 1.807) is 49.6 Å². The fourth-order valence-corrected chi connectivity index (χ4v) is 3.52. The van der Waals surface area contributed by atoms with Crippen molar-refractivity contribution in [2.75, 3.05) is 19.1 Å². The van der Waals surface area contributed by atoms with Gasteiger partial charge in [0, 0.05) is 10.0 Å². The summed E-state index contributed by atoms with van der Waals surface area (Å²) in [5.41, 5.74) is 1.54. The number of benzene rings is 2. The molecule has 2 heterocycles. The van der Waals surface area contributed by atoms with Crippen LogP contribution >= 0.6 is 15.9 Å². The number of hydrogen-bond donors (Lipinski definition) is 0. The van der Waals surface area contributed by atoms with Crippen LogP contribution < -0.4 is 14.4 Å². The lowest BCUT2D eigenvalue weighted by Crippen LogP contribution is -2.33. The van der Waals surface area contributed by atoms with Gasteiger partial charge in [-0.1, -0.05) is 21.1 Å². The Morgan fingerprint density at radius 1 is 1.00 bits per heavy atom. The zero-order chi connectivity index (χ0) is 19.1. The van der Waals surface area contributed by atoms with Crippen molar-refractivity contribution in [2.24, 2.45) is 11.1 Å². The van der Waals surface area contributed by atoms with Crippen molar-refractivity contribution in [1.82, 2.24) is 0 Å². The molecular weight excluding hydrogens is 416 g/mol. The number of imide groups is 1. The number of nitrogens with zero attached hydrogens (tertiary/aromatic N) is 2. The molecule has 8 heteroatoms. The molecule has 2 aliphatic rings. The number of ether oxygens (including phenoxy) is 2. The fourth-order valence-electron chi connectivity index (χ4n) is 3.26. The molecule has 2 atom stereocenters. The minimum Gasteiger partial charge on any atom is -0.493 e. The van der Waals surface area contributed by atoms with Crippen molar-refractivity contribution in [3.05, 3.63) is 52.5 Å². The molecule has 0 N–H and O–H groups in total. The third-order valence-corrected chi connectivity index (χ3v) is 5.10. The highest BCUT2D eigenvalue weighted by Gasteiger charge is 2.56. The summed E-state index contributed by atoms with van der Waals surface area (Å²) in [6.45, 7) is 0. The number of hydrogen-bond acceptors (Lipinski definition) is 6. The van der Waals surface area contributed by atoms with Crippen molar-refractivity contribution < 1.29 is 23.9 Å². The zero-order valence-corrected chi connectivity index (χ0v) is 16.1. The molecule has 138 valence electrons. The summed E-state index contributed by atoms with van der Waals surface area (Å²) >= 11 is 3.34. The van der Waals surface area contributed by atoms with Gasteiger partial charge in [-0.05, 0) is 42.5 Å². The molecule has 0 bridgehead atoms. The number of methoxy groups -OCH3 is 2. The highest BCUT2D eigenvalue weighted by molar-refractivity contribution is 9.10. The Kier molecular flexibility index (Phi) is 4.35. The molecule has 4 rings (SSSR count). The zero-order valence-electron chi connectivity index (χ0n) is 14.5. The Labute approximate surface area is 163 Å². The smallest absolute Gasteiger partial charge is 0.278 e. The summed E-state index contributed by atoms with van der Waals surface area (Å²) < 4.78 is 11.4. The Bertz CT molecular complexity index is 957. The highest BCUT2D eigenvalue weighted by atomic mass is 79.9. The van der Waals surface area contributed by atoms with E-state index in [4.69, 9.17) is 14.3 Å². The maximum absolute atomic E-state index is 13.0. The summed E-state index contributed by atoms with van der Waals surface area (Å²) in [6.07, 6.45) is -0.954. The largest absolute Gasteiger partial charge is 0.493 e. The number of fused-ring (bicyclic) bond motifs is 1. The molecule has 0 aromatic heterocycles. The molecule has 7 nitrogen and oxygen atoms in total. The Balaban J connectivity index is 1.69. The van der Waals surface area contributed by atoms with E-state index in [1.807, 2.05) is 0 Å². The molecule has 1 saturated heterocycles. The first-order chi connectivity index (χ1) is 13.0. The molecule has 0 unspecified atom stereocenters. The minimum atomic E-state index is -0.954. The summed E-state index contributed by atoms with van der Waals surface area (Å²) in [5, 5.41) is 4.01. The summed E-state index contributed by atoms with van der Waals surface area (Å²) in [4.78, 5) is 32.2. The molecule has 0 spiro atoms. The van der Waals surface area contributed by atoms with Crippen LogP contribution in [-0.4, -0.2) is 37.8 Å². The van der Waals surface area contributed by atoms with Gasteiger partial charge in [-0.2, -0.15) is 0 Å². The van der Waals surface area contributed by atoms with Gasteiger partial charge in [-0.25, -0.2) is 4.90 Å². The standard InChI is InChI=1S/C19H15BrN2O5/c1-25-13-8-3-10(9-14(13)26-2)16-15-17(27-21-16)19(24)22(18(15)23)12-6-4-11(20)5-7-12/h3-9,15,17H,1-2H3/t15-,17+/m1/s1. The van der Waals surface area contributed by atoms with Gasteiger partial charge < -0.3 is 14.3 Å². The molecule has 2 aromatic carbocycles. The van der Waals surface area contributed by atoms with Gasteiger partial charge in [-0.15, -0.1) is 0 Å². The second-order valence-corrected chi connectivity index (χ2v) is 6.95. The van der Waals surface area contributed by atoms with Gasteiger partial charge in [0.15, 0.2) is 11.5 Å². The first kappa shape index (κ1) is 17.5.